The summed E-state index contributed by atoms with van der Waals surface area (Å²) in [5.74, 6) is -0.0392. The van der Waals surface area contributed by atoms with Crippen LogP contribution in [0.25, 0.3) is 0 Å². The van der Waals surface area contributed by atoms with Gasteiger partial charge >= 0.3 is 0 Å². The van der Waals surface area contributed by atoms with E-state index in [0.717, 1.165) is 11.6 Å². The van der Waals surface area contributed by atoms with Crippen LogP contribution in [-0.2, 0) is 10.0 Å². The number of halogens is 1. The van der Waals surface area contributed by atoms with Crippen molar-refractivity contribution in [1.82, 2.24) is 4.72 Å². The van der Waals surface area contributed by atoms with Gasteiger partial charge in [-0.25, -0.2) is 17.5 Å². The fraction of sp³-hybridized carbons (Fsp3) is 0.294. The van der Waals surface area contributed by atoms with Crippen LogP contribution in [0.3, 0.4) is 0 Å². The maximum Gasteiger partial charge on any atom is 0.241 e. The lowest BCUT2D eigenvalue weighted by atomic mass is 10.1. The number of hydrogen-bond donors (Lipinski definition) is 1. The number of sulfonamides is 1. The summed E-state index contributed by atoms with van der Waals surface area (Å²) >= 11 is 0. The van der Waals surface area contributed by atoms with E-state index in [0.29, 0.717) is 12.2 Å². The van der Waals surface area contributed by atoms with Crippen LogP contribution in [0, 0.1) is 5.82 Å². The smallest absolute Gasteiger partial charge is 0.241 e. The SMILES string of the molecule is CC[C@H](NS(=O)(=O)c1ccc(OC)c(F)c1)c1ccc(OC)cc1. The first-order valence-corrected chi connectivity index (χ1v) is 8.89. The summed E-state index contributed by atoms with van der Waals surface area (Å²) in [5, 5.41) is 0. The van der Waals surface area contributed by atoms with Gasteiger partial charge in [0.05, 0.1) is 19.1 Å². The Bertz CT molecular complexity index is 791. The van der Waals surface area contributed by atoms with Gasteiger partial charge in [-0.05, 0) is 42.3 Å². The van der Waals surface area contributed by atoms with Crippen LogP contribution in [0.4, 0.5) is 4.39 Å². The first kappa shape index (κ1) is 18.2. The van der Waals surface area contributed by atoms with E-state index in [9.17, 15) is 12.8 Å². The summed E-state index contributed by atoms with van der Waals surface area (Å²) < 4.78 is 51.3. The van der Waals surface area contributed by atoms with Gasteiger partial charge in [0.25, 0.3) is 0 Å². The zero-order valence-corrected chi connectivity index (χ0v) is 14.6. The maximum absolute atomic E-state index is 13.8. The molecule has 2 aromatic rings. The van der Waals surface area contributed by atoms with Crippen LogP contribution < -0.4 is 14.2 Å². The van der Waals surface area contributed by atoms with Gasteiger partial charge < -0.3 is 9.47 Å². The lowest BCUT2D eigenvalue weighted by molar-refractivity contribution is 0.385. The van der Waals surface area contributed by atoms with Gasteiger partial charge in [0, 0.05) is 6.04 Å². The van der Waals surface area contributed by atoms with E-state index in [1.807, 2.05) is 6.92 Å². The highest BCUT2D eigenvalue weighted by Gasteiger charge is 2.21. The Hall–Kier alpha value is -2.12. The number of hydrogen-bond acceptors (Lipinski definition) is 4. The summed E-state index contributed by atoms with van der Waals surface area (Å²) in [4.78, 5) is -0.146. The molecule has 2 aromatic carbocycles. The minimum Gasteiger partial charge on any atom is -0.497 e. The zero-order chi connectivity index (χ0) is 17.7. The van der Waals surface area contributed by atoms with E-state index >= 15 is 0 Å². The molecule has 0 saturated heterocycles. The fourth-order valence-corrected chi connectivity index (χ4v) is 3.61. The van der Waals surface area contributed by atoms with Crippen molar-refractivity contribution >= 4 is 10.0 Å². The van der Waals surface area contributed by atoms with Crippen molar-refractivity contribution in [3.63, 3.8) is 0 Å². The normalized spacial score (nSPS) is 12.7. The Kier molecular flexibility index (Phi) is 5.80. The Morgan fingerprint density at radius 2 is 1.75 bits per heavy atom. The number of ether oxygens (including phenoxy) is 2. The summed E-state index contributed by atoms with van der Waals surface area (Å²) in [6.07, 6.45) is 0.546. The lowest BCUT2D eigenvalue weighted by Crippen LogP contribution is -2.28. The summed E-state index contributed by atoms with van der Waals surface area (Å²) in [6.45, 7) is 1.87. The minimum atomic E-state index is -3.86. The van der Waals surface area contributed by atoms with Gasteiger partial charge in [-0.15, -0.1) is 0 Å². The molecule has 0 fully saturated rings. The highest BCUT2D eigenvalue weighted by molar-refractivity contribution is 7.89. The van der Waals surface area contributed by atoms with Crippen molar-refractivity contribution in [2.75, 3.05) is 14.2 Å². The minimum absolute atomic E-state index is 0.00357. The summed E-state index contributed by atoms with van der Waals surface area (Å²) in [7, 11) is -0.976. The van der Waals surface area contributed by atoms with Gasteiger partial charge in [0.15, 0.2) is 11.6 Å². The monoisotopic (exact) mass is 353 g/mol. The molecule has 0 saturated carbocycles. The molecular formula is C17H20FNO4S. The van der Waals surface area contributed by atoms with Gasteiger partial charge in [-0.3, -0.25) is 0 Å². The molecule has 1 N–H and O–H groups in total. The van der Waals surface area contributed by atoms with E-state index < -0.39 is 21.9 Å². The van der Waals surface area contributed by atoms with Crippen LogP contribution in [0.2, 0.25) is 0 Å². The highest BCUT2D eigenvalue weighted by Crippen LogP contribution is 2.25. The van der Waals surface area contributed by atoms with Gasteiger partial charge in [0.1, 0.15) is 5.75 Å². The predicted molar refractivity (Wildman–Crippen MR) is 89.3 cm³/mol. The Labute approximate surface area is 141 Å². The maximum atomic E-state index is 13.8. The number of methoxy groups -OCH3 is 2. The van der Waals surface area contributed by atoms with Crippen LogP contribution >= 0.6 is 0 Å². The molecule has 0 aliphatic carbocycles. The third kappa shape index (κ3) is 4.04. The molecule has 0 bridgehead atoms. The van der Waals surface area contributed by atoms with Crippen LogP contribution in [-0.4, -0.2) is 22.6 Å². The van der Waals surface area contributed by atoms with E-state index in [2.05, 4.69) is 4.72 Å². The standard InChI is InChI=1S/C17H20FNO4S/c1-4-16(12-5-7-13(22-2)8-6-12)19-24(20,21)14-9-10-17(23-3)15(18)11-14/h5-11,16,19H,4H2,1-3H3/t16-/m0/s1. The Morgan fingerprint density at radius 3 is 2.25 bits per heavy atom. The number of rotatable bonds is 7. The van der Waals surface area contributed by atoms with Crippen LogP contribution in [0.5, 0.6) is 11.5 Å². The molecule has 24 heavy (non-hydrogen) atoms. The molecule has 2 rings (SSSR count). The van der Waals surface area contributed by atoms with E-state index in [1.54, 1.807) is 31.4 Å². The highest BCUT2D eigenvalue weighted by atomic mass is 32.2. The Morgan fingerprint density at radius 1 is 1.08 bits per heavy atom. The molecule has 0 spiro atoms. The van der Waals surface area contributed by atoms with Crippen molar-refractivity contribution < 1.29 is 22.3 Å². The topological polar surface area (TPSA) is 64.6 Å². The van der Waals surface area contributed by atoms with E-state index in [1.165, 1.54) is 19.2 Å². The average Bonchev–Trinajstić information content (AvgIpc) is 2.59. The zero-order valence-electron chi connectivity index (χ0n) is 13.7. The molecule has 0 radical (unpaired) electrons. The van der Waals surface area contributed by atoms with Crippen molar-refractivity contribution in [2.45, 2.75) is 24.3 Å². The van der Waals surface area contributed by atoms with Gasteiger partial charge in [-0.1, -0.05) is 19.1 Å². The van der Waals surface area contributed by atoms with Crippen molar-refractivity contribution in [1.29, 1.82) is 0 Å². The molecule has 0 unspecified atom stereocenters. The second-order valence-corrected chi connectivity index (χ2v) is 6.87. The first-order chi connectivity index (χ1) is 11.4. The Balaban J connectivity index is 2.26. The second-order valence-electron chi connectivity index (χ2n) is 5.15. The van der Waals surface area contributed by atoms with Gasteiger partial charge in [0.2, 0.25) is 10.0 Å². The quantitative estimate of drug-likeness (QED) is 0.830. The molecule has 0 heterocycles. The molecule has 7 heteroatoms. The van der Waals surface area contributed by atoms with Crippen molar-refractivity contribution in [3.8, 4) is 11.5 Å². The molecule has 130 valence electrons. The largest absolute Gasteiger partial charge is 0.497 e. The van der Waals surface area contributed by atoms with Crippen molar-refractivity contribution in [2.24, 2.45) is 0 Å². The van der Waals surface area contributed by atoms with E-state index in [4.69, 9.17) is 9.47 Å². The number of benzene rings is 2. The molecular weight excluding hydrogens is 333 g/mol. The van der Waals surface area contributed by atoms with E-state index in [-0.39, 0.29) is 10.6 Å². The summed E-state index contributed by atoms with van der Waals surface area (Å²) in [5.41, 5.74) is 0.802. The third-order valence-corrected chi connectivity index (χ3v) is 5.13. The molecule has 0 aliphatic heterocycles. The van der Waals surface area contributed by atoms with Crippen molar-refractivity contribution in [3.05, 3.63) is 53.8 Å². The fourth-order valence-electron chi connectivity index (χ4n) is 2.29. The second kappa shape index (κ2) is 7.63. The molecule has 1 atom stereocenters. The molecule has 5 nitrogen and oxygen atoms in total. The number of nitrogens with one attached hydrogen (secondary N) is 1. The molecule has 0 aliphatic rings. The molecule has 0 amide bonds. The third-order valence-electron chi connectivity index (χ3n) is 3.66. The lowest BCUT2D eigenvalue weighted by Gasteiger charge is -2.18. The average molecular weight is 353 g/mol. The summed E-state index contributed by atoms with van der Waals surface area (Å²) in [6, 6.07) is 10.2. The van der Waals surface area contributed by atoms with Crippen LogP contribution in [0.1, 0.15) is 24.9 Å². The first-order valence-electron chi connectivity index (χ1n) is 7.41. The molecule has 0 aromatic heterocycles. The predicted octanol–water partition coefficient (Wildman–Crippen LogP) is 3.27. The van der Waals surface area contributed by atoms with Gasteiger partial charge in [-0.2, -0.15) is 0 Å². The van der Waals surface area contributed by atoms with Crippen LogP contribution in [0.15, 0.2) is 47.4 Å².